The van der Waals surface area contributed by atoms with Gasteiger partial charge in [0.25, 0.3) is 14.5 Å². The van der Waals surface area contributed by atoms with E-state index in [-0.39, 0.29) is 0 Å². The molecule has 0 saturated carbocycles. The van der Waals surface area contributed by atoms with E-state index >= 15 is 0 Å². The highest BCUT2D eigenvalue weighted by atomic mass is 32.1. The number of rotatable bonds is 9. The predicted octanol–water partition coefficient (Wildman–Crippen LogP) is 19.9. The fourth-order valence-corrected chi connectivity index (χ4v) is 16.0. The molecular formula is C81H78N8S4+4. The average Bonchev–Trinajstić information content (AvgIpc) is 1.69. The van der Waals surface area contributed by atoms with Crippen LogP contribution in [0.3, 0.4) is 0 Å². The molecule has 0 aliphatic heterocycles. The Morgan fingerprint density at radius 3 is 1.15 bits per heavy atom. The second-order valence-electron chi connectivity index (χ2n) is 24.4. The fourth-order valence-electron chi connectivity index (χ4n) is 12.1. The van der Waals surface area contributed by atoms with E-state index < -0.39 is 0 Å². The Morgan fingerprint density at radius 1 is 0.355 bits per heavy atom. The van der Waals surface area contributed by atoms with Crippen LogP contribution in [-0.2, 0) is 28.2 Å². The predicted molar refractivity (Wildman–Crippen MR) is 393 cm³/mol. The van der Waals surface area contributed by atoms with Crippen molar-refractivity contribution in [1.82, 2.24) is 19.9 Å². The first-order chi connectivity index (χ1) is 45.0. The minimum Gasteiger partial charge on any atom is -0.244 e. The number of hydrogen-bond donors (Lipinski definition) is 0. The SMILES string of the molecule is Cc1ccc(-c2nc3ccc(-c4ccccc4C)[n+](C)c3s2)cc1.Cc1ccccc1-c1cc2ncsc2c[n+]1C.Cc1ccccc1-c1ccc2nc(-c3c(C(C)C)cccc3C(C)C)sc2[n+]1C.Cc1ccccc1-c1ccc2nc(-c3ccccc3)sc2[n+]1C. The molecule has 0 fully saturated rings. The molecule has 462 valence electrons. The van der Waals surface area contributed by atoms with Gasteiger partial charge in [-0.05, 0) is 156 Å². The van der Waals surface area contributed by atoms with Crippen molar-refractivity contribution >= 4 is 86.6 Å². The molecule has 7 aromatic carbocycles. The van der Waals surface area contributed by atoms with Crippen molar-refractivity contribution < 1.29 is 18.3 Å². The molecule has 8 nitrogen and oxygen atoms in total. The molecule has 15 rings (SSSR count). The van der Waals surface area contributed by atoms with E-state index in [1.807, 2.05) is 11.6 Å². The van der Waals surface area contributed by atoms with Crippen molar-refractivity contribution in [3.63, 3.8) is 0 Å². The highest BCUT2D eigenvalue weighted by molar-refractivity contribution is 7.21. The van der Waals surface area contributed by atoms with Gasteiger partial charge in [0.15, 0.2) is 6.20 Å². The quantitative estimate of drug-likeness (QED) is 0.135. The molecule has 8 aromatic heterocycles. The number of pyridine rings is 4. The van der Waals surface area contributed by atoms with Gasteiger partial charge in [-0.1, -0.05) is 179 Å². The Morgan fingerprint density at radius 2 is 0.731 bits per heavy atom. The third-order valence-electron chi connectivity index (χ3n) is 17.3. The molecule has 0 saturated heterocycles. The summed E-state index contributed by atoms with van der Waals surface area (Å²) in [4.78, 5) is 22.7. The van der Waals surface area contributed by atoms with Gasteiger partial charge in [-0.25, -0.2) is 19.9 Å². The number of aryl methyl sites for hydroxylation is 9. The van der Waals surface area contributed by atoms with Gasteiger partial charge in [0.2, 0.25) is 22.8 Å². The van der Waals surface area contributed by atoms with Crippen LogP contribution < -0.4 is 18.3 Å². The highest BCUT2D eigenvalue weighted by Crippen LogP contribution is 2.40. The standard InChI is InChI=1S/C26H29N2S.C21H19N2S.C20H17N2S.C14H13N2S/c1-16(2)19-12-9-13-20(17(3)4)24(19)25-27-22-14-15-23(28(6)26(22)29-25)21-11-8-7-10-18(21)5;1-14-8-10-16(11-9-14)20-22-18-12-13-19(23(3)21(18)24-20)17-7-5-4-6-15(17)2;1-14-8-6-7-11-16(14)18-13-12-17-20(22(18)2)23-19(21-17)15-9-4-3-5-10-15;1-10-5-3-4-6-11(10)13-7-12-14(8-16(13)2)17-9-15-12/h7-17H,1-6H3;4-13H,1-3H3;3-13H,1-2H3;3-9H,1-2H3/q4*+1. The molecule has 0 N–H and O–H groups in total. The zero-order valence-corrected chi connectivity index (χ0v) is 58.5. The fraction of sp³-hybridized carbons (Fsp3) is 0.185. The summed E-state index contributed by atoms with van der Waals surface area (Å²) in [5.74, 6) is 0.930. The molecule has 0 radical (unpaired) electrons. The normalized spacial score (nSPS) is 11.3. The van der Waals surface area contributed by atoms with Gasteiger partial charge in [-0.3, -0.25) is 0 Å². The van der Waals surface area contributed by atoms with Crippen molar-refractivity contribution in [1.29, 1.82) is 0 Å². The minimum atomic E-state index is 0.465. The summed E-state index contributed by atoms with van der Waals surface area (Å²) in [5, 5.41) is 3.27. The molecule has 8 heterocycles. The molecule has 0 aliphatic rings. The monoisotopic (exact) mass is 1290 g/mol. The second-order valence-corrected chi connectivity index (χ2v) is 28.3. The molecule has 0 unspecified atom stereocenters. The van der Waals surface area contributed by atoms with Gasteiger partial charge in [0.1, 0.15) is 64.5 Å². The first-order valence-corrected chi connectivity index (χ1v) is 34.9. The molecule has 0 aliphatic carbocycles. The van der Waals surface area contributed by atoms with Gasteiger partial charge in [0, 0.05) is 63.2 Å². The van der Waals surface area contributed by atoms with E-state index in [0.717, 1.165) is 37.1 Å². The van der Waals surface area contributed by atoms with Crippen molar-refractivity contribution in [3.8, 4) is 76.7 Å². The topological polar surface area (TPSA) is 67.1 Å². The Balaban J connectivity index is 0.000000121. The first-order valence-electron chi connectivity index (χ1n) is 31.6. The summed E-state index contributed by atoms with van der Waals surface area (Å²) < 4.78 is 10.2. The van der Waals surface area contributed by atoms with Crippen LogP contribution in [0.15, 0.2) is 224 Å². The summed E-state index contributed by atoms with van der Waals surface area (Å²) in [6, 6.07) is 74.8. The van der Waals surface area contributed by atoms with Gasteiger partial charge in [-0.15, -0.1) is 11.3 Å². The third kappa shape index (κ3) is 13.5. The van der Waals surface area contributed by atoms with E-state index in [9.17, 15) is 0 Å². The van der Waals surface area contributed by atoms with Gasteiger partial charge < -0.3 is 0 Å². The lowest BCUT2D eigenvalue weighted by Gasteiger charge is -2.17. The number of fused-ring (bicyclic) bond motifs is 4. The van der Waals surface area contributed by atoms with Crippen LogP contribution in [0.25, 0.3) is 118 Å². The third-order valence-corrected chi connectivity index (χ3v) is 21.6. The van der Waals surface area contributed by atoms with Crippen molar-refractivity contribution in [2.75, 3.05) is 0 Å². The lowest BCUT2D eigenvalue weighted by molar-refractivity contribution is -0.659. The van der Waals surface area contributed by atoms with Gasteiger partial charge >= 0.3 is 0 Å². The summed E-state index contributed by atoms with van der Waals surface area (Å²) in [6.45, 7) is 19.8. The molecular weight excluding hydrogens is 1210 g/mol. The molecule has 0 bridgehead atoms. The van der Waals surface area contributed by atoms with Crippen LogP contribution in [0.4, 0.5) is 0 Å². The van der Waals surface area contributed by atoms with Crippen LogP contribution in [0.1, 0.15) is 78.5 Å². The largest absolute Gasteiger partial charge is 0.289 e. The first kappa shape index (κ1) is 63.8. The molecule has 0 spiro atoms. The van der Waals surface area contributed by atoms with Crippen LogP contribution in [0.5, 0.6) is 0 Å². The molecule has 0 atom stereocenters. The lowest BCUT2D eigenvalue weighted by atomic mass is 9.89. The number of thiazole rings is 4. The molecule has 93 heavy (non-hydrogen) atoms. The second kappa shape index (κ2) is 27.9. The average molecular weight is 1290 g/mol. The molecule has 15 aromatic rings. The number of benzene rings is 7. The van der Waals surface area contributed by atoms with Crippen LogP contribution in [-0.4, -0.2) is 19.9 Å². The van der Waals surface area contributed by atoms with Crippen LogP contribution in [0, 0.1) is 34.6 Å². The molecule has 12 heteroatoms. The highest BCUT2D eigenvalue weighted by Gasteiger charge is 2.26. The smallest absolute Gasteiger partial charge is 0.244 e. The van der Waals surface area contributed by atoms with E-state index in [0.29, 0.717) is 11.8 Å². The molecule has 0 amide bonds. The van der Waals surface area contributed by atoms with Crippen LogP contribution >= 0.6 is 45.3 Å². The number of nitrogens with zero attached hydrogens (tertiary/aromatic N) is 8. The summed E-state index contributed by atoms with van der Waals surface area (Å²) in [6.07, 6.45) is 2.15. The zero-order valence-electron chi connectivity index (χ0n) is 55.2. The van der Waals surface area contributed by atoms with E-state index in [4.69, 9.17) is 15.0 Å². The van der Waals surface area contributed by atoms with Crippen molar-refractivity contribution in [3.05, 3.63) is 263 Å². The Labute approximate surface area is 562 Å². The maximum atomic E-state index is 5.08. The Hall–Kier alpha value is -9.30. The van der Waals surface area contributed by atoms with Gasteiger partial charge in [-0.2, -0.15) is 18.3 Å². The maximum absolute atomic E-state index is 5.08. The van der Waals surface area contributed by atoms with E-state index in [2.05, 4.69) is 326 Å². The number of aromatic nitrogens is 8. The summed E-state index contributed by atoms with van der Waals surface area (Å²) >= 11 is 6.98. The lowest BCUT2D eigenvalue weighted by Crippen LogP contribution is -2.31. The maximum Gasteiger partial charge on any atom is 0.289 e. The van der Waals surface area contributed by atoms with E-state index in [1.54, 1.807) is 45.3 Å². The minimum absolute atomic E-state index is 0.465. The number of hydrogen-bond acceptors (Lipinski definition) is 8. The van der Waals surface area contributed by atoms with E-state index in [1.165, 1.54) is 120 Å². The Bertz CT molecular complexity index is 5140. The Kier molecular flexibility index (Phi) is 19.1. The van der Waals surface area contributed by atoms with Crippen molar-refractivity contribution in [2.24, 2.45) is 28.2 Å². The van der Waals surface area contributed by atoms with Gasteiger partial charge in [0.05, 0.1) is 11.0 Å². The van der Waals surface area contributed by atoms with Crippen LogP contribution in [0.2, 0.25) is 0 Å². The summed E-state index contributed by atoms with van der Waals surface area (Å²) in [5.41, 5.74) is 29.0. The van der Waals surface area contributed by atoms with Crippen molar-refractivity contribution in [2.45, 2.75) is 74.1 Å². The zero-order chi connectivity index (χ0) is 65.0. The summed E-state index contributed by atoms with van der Waals surface area (Å²) in [7, 11) is 8.49.